The summed E-state index contributed by atoms with van der Waals surface area (Å²) in [7, 11) is -2.03. The molecule has 0 saturated heterocycles. The van der Waals surface area contributed by atoms with Crippen LogP contribution in [0.4, 0.5) is 8.78 Å². The van der Waals surface area contributed by atoms with Crippen molar-refractivity contribution in [1.29, 1.82) is 0 Å². The fourth-order valence-corrected chi connectivity index (χ4v) is 2.47. The number of halogens is 2. The third kappa shape index (κ3) is 2.26. The molecule has 0 N–H and O–H groups in total. The molecule has 0 radical (unpaired) electrons. The maximum absolute atomic E-state index is 13.5. The van der Waals surface area contributed by atoms with Crippen molar-refractivity contribution in [1.82, 2.24) is 9.78 Å². The van der Waals surface area contributed by atoms with Crippen LogP contribution in [0.3, 0.4) is 0 Å². The summed E-state index contributed by atoms with van der Waals surface area (Å²) in [6.07, 6.45) is 1.02. The van der Waals surface area contributed by atoms with Gasteiger partial charge < -0.3 is 0 Å². The number of hydrogen-bond acceptors (Lipinski definition) is 3. The molecule has 0 unspecified atom stereocenters. The SMILES string of the molecule is Cn1nc(-c2cc(F)ccc2F)cc1S(C)(=O)=O. The lowest BCUT2D eigenvalue weighted by molar-refractivity contribution is 0.582. The zero-order chi connectivity index (χ0) is 13.5. The molecule has 1 aromatic carbocycles. The molecule has 7 heteroatoms. The summed E-state index contributed by atoms with van der Waals surface area (Å²) < 4.78 is 50.5. The van der Waals surface area contributed by atoms with E-state index in [1.807, 2.05) is 0 Å². The maximum Gasteiger partial charge on any atom is 0.192 e. The van der Waals surface area contributed by atoms with Gasteiger partial charge in [-0.2, -0.15) is 5.10 Å². The Hall–Kier alpha value is -1.76. The Morgan fingerprint density at radius 3 is 2.44 bits per heavy atom. The molecule has 4 nitrogen and oxygen atoms in total. The smallest absolute Gasteiger partial charge is 0.192 e. The average molecular weight is 272 g/mol. The van der Waals surface area contributed by atoms with E-state index in [1.165, 1.54) is 13.1 Å². The van der Waals surface area contributed by atoms with Crippen LogP contribution in [0.2, 0.25) is 0 Å². The number of hydrogen-bond donors (Lipinski definition) is 0. The minimum atomic E-state index is -3.46. The fourth-order valence-electron chi connectivity index (χ4n) is 1.62. The first-order valence-corrected chi connectivity index (χ1v) is 6.87. The van der Waals surface area contributed by atoms with E-state index in [0.717, 1.165) is 29.1 Å². The van der Waals surface area contributed by atoms with Crippen molar-refractivity contribution >= 4 is 9.84 Å². The minimum absolute atomic E-state index is 0.0545. The van der Waals surface area contributed by atoms with Gasteiger partial charge in [0.1, 0.15) is 11.6 Å². The first kappa shape index (κ1) is 12.7. The van der Waals surface area contributed by atoms with Gasteiger partial charge >= 0.3 is 0 Å². The molecule has 1 heterocycles. The van der Waals surface area contributed by atoms with Crippen molar-refractivity contribution in [3.8, 4) is 11.3 Å². The lowest BCUT2D eigenvalue weighted by Gasteiger charge is -1.98. The van der Waals surface area contributed by atoms with Crippen molar-refractivity contribution in [2.24, 2.45) is 7.05 Å². The highest BCUT2D eigenvalue weighted by molar-refractivity contribution is 7.90. The Kier molecular flexibility index (Phi) is 2.94. The molecule has 0 aliphatic rings. The van der Waals surface area contributed by atoms with Gasteiger partial charge in [0.2, 0.25) is 0 Å². The van der Waals surface area contributed by atoms with Crippen LogP contribution in [0.15, 0.2) is 29.3 Å². The van der Waals surface area contributed by atoms with Crippen LogP contribution in [0, 0.1) is 11.6 Å². The highest BCUT2D eigenvalue weighted by Crippen LogP contribution is 2.24. The van der Waals surface area contributed by atoms with Crippen molar-refractivity contribution < 1.29 is 17.2 Å². The topological polar surface area (TPSA) is 52.0 Å². The molecule has 0 aliphatic carbocycles. The van der Waals surface area contributed by atoms with Crippen molar-refractivity contribution in [3.63, 3.8) is 0 Å². The number of aryl methyl sites for hydroxylation is 1. The van der Waals surface area contributed by atoms with Gasteiger partial charge in [0, 0.05) is 24.9 Å². The molecule has 0 spiro atoms. The highest BCUT2D eigenvalue weighted by atomic mass is 32.2. The van der Waals surface area contributed by atoms with Crippen LogP contribution in [-0.4, -0.2) is 24.5 Å². The molecule has 2 aromatic rings. The Morgan fingerprint density at radius 1 is 1.22 bits per heavy atom. The van der Waals surface area contributed by atoms with E-state index < -0.39 is 21.5 Å². The maximum atomic E-state index is 13.5. The molecule has 0 saturated carbocycles. The molecule has 18 heavy (non-hydrogen) atoms. The van der Waals surface area contributed by atoms with E-state index in [1.54, 1.807) is 0 Å². The monoisotopic (exact) mass is 272 g/mol. The average Bonchev–Trinajstić information content (AvgIpc) is 2.63. The molecular formula is C11H10F2N2O2S. The number of nitrogens with zero attached hydrogens (tertiary/aromatic N) is 2. The van der Waals surface area contributed by atoms with Gasteiger partial charge in [-0.3, -0.25) is 4.68 Å². The lowest BCUT2D eigenvalue weighted by Crippen LogP contribution is -2.04. The summed E-state index contributed by atoms with van der Waals surface area (Å²) >= 11 is 0. The third-order valence-corrected chi connectivity index (χ3v) is 3.56. The summed E-state index contributed by atoms with van der Waals surface area (Å²) in [6, 6.07) is 4.15. The molecule has 1 aromatic heterocycles. The van der Waals surface area contributed by atoms with Gasteiger partial charge in [0.05, 0.1) is 5.69 Å². The van der Waals surface area contributed by atoms with Gasteiger partial charge in [0.25, 0.3) is 0 Å². The van der Waals surface area contributed by atoms with Crippen molar-refractivity contribution in [2.75, 3.05) is 6.26 Å². The summed E-state index contributed by atoms with van der Waals surface area (Å²) in [4.78, 5) is 0. The van der Waals surface area contributed by atoms with E-state index >= 15 is 0 Å². The van der Waals surface area contributed by atoms with E-state index in [4.69, 9.17) is 0 Å². The molecule has 2 rings (SSSR count). The number of benzene rings is 1. The second-order valence-corrected chi connectivity index (χ2v) is 5.85. The summed E-state index contributed by atoms with van der Waals surface area (Å²) in [5.74, 6) is -1.27. The minimum Gasteiger partial charge on any atom is -0.257 e. The predicted octanol–water partition coefficient (Wildman–Crippen LogP) is 1.77. The molecule has 0 amide bonds. The van der Waals surface area contributed by atoms with Crippen LogP contribution in [0.5, 0.6) is 0 Å². The first-order valence-electron chi connectivity index (χ1n) is 4.98. The molecule has 0 bridgehead atoms. The lowest BCUT2D eigenvalue weighted by atomic mass is 10.1. The van der Waals surface area contributed by atoms with Crippen LogP contribution < -0.4 is 0 Å². The quantitative estimate of drug-likeness (QED) is 0.837. The third-order valence-electron chi connectivity index (χ3n) is 2.42. The summed E-state index contributed by atoms with van der Waals surface area (Å²) in [5, 5.41) is 3.83. The second-order valence-electron chi connectivity index (χ2n) is 3.89. The van der Waals surface area contributed by atoms with Gasteiger partial charge in [-0.15, -0.1) is 0 Å². The van der Waals surface area contributed by atoms with Gasteiger partial charge in [-0.25, -0.2) is 17.2 Å². The number of sulfone groups is 1. The fraction of sp³-hybridized carbons (Fsp3) is 0.182. The molecular weight excluding hydrogens is 262 g/mol. The predicted molar refractivity (Wildman–Crippen MR) is 61.7 cm³/mol. The first-order chi connectivity index (χ1) is 8.29. The van der Waals surface area contributed by atoms with Crippen LogP contribution in [-0.2, 0) is 16.9 Å². The molecule has 96 valence electrons. The van der Waals surface area contributed by atoms with E-state index in [-0.39, 0.29) is 16.3 Å². The number of aromatic nitrogens is 2. The normalized spacial score (nSPS) is 11.8. The van der Waals surface area contributed by atoms with Gasteiger partial charge in [0.15, 0.2) is 14.9 Å². The van der Waals surface area contributed by atoms with Crippen molar-refractivity contribution in [2.45, 2.75) is 5.03 Å². The van der Waals surface area contributed by atoms with E-state index in [0.29, 0.717) is 0 Å². The Labute approximate surface area is 103 Å². The molecule has 0 aliphatic heterocycles. The Morgan fingerprint density at radius 2 is 1.89 bits per heavy atom. The van der Waals surface area contributed by atoms with Crippen molar-refractivity contribution in [3.05, 3.63) is 35.9 Å². The highest BCUT2D eigenvalue weighted by Gasteiger charge is 2.17. The Bertz CT molecular complexity index is 708. The van der Waals surface area contributed by atoms with Crippen LogP contribution in [0.25, 0.3) is 11.3 Å². The van der Waals surface area contributed by atoms with Crippen LogP contribution >= 0.6 is 0 Å². The zero-order valence-electron chi connectivity index (χ0n) is 9.68. The van der Waals surface area contributed by atoms with E-state index in [9.17, 15) is 17.2 Å². The molecule has 0 fully saturated rings. The Balaban J connectivity index is 2.63. The van der Waals surface area contributed by atoms with Crippen LogP contribution in [0.1, 0.15) is 0 Å². The zero-order valence-corrected chi connectivity index (χ0v) is 10.5. The van der Waals surface area contributed by atoms with Gasteiger partial charge in [-0.05, 0) is 18.2 Å². The van der Waals surface area contributed by atoms with E-state index in [2.05, 4.69) is 5.10 Å². The number of rotatable bonds is 2. The largest absolute Gasteiger partial charge is 0.257 e. The standard InChI is InChI=1S/C11H10F2N2O2S/c1-15-11(18(2,16)17)6-10(14-15)8-5-7(12)3-4-9(8)13/h3-6H,1-2H3. The summed E-state index contributed by atoms with van der Waals surface area (Å²) in [5.41, 5.74) is 0.00965. The summed E-state index contributed by atoms with van der Waals surface area (Å²) in [6.45, 7) is 0. The second kappa shape index (κ2) is 4.16. The molecule has 0 atom stereocenters. The van der Waals surface area contributed by atoms with Gasteiger partial charge in [-0.1, -0.05) is 0 Å².